The SMILES string of the molecule is CC(C)NCCCOS(=O)O. The second kappa shape index (κ2) is 6.72. The van der Waals surface area contributed by atoms with E-state index < -0.39 is 11.4 Å². The lowest BCUT2D eigenvalue weighted by Gasteiger charge is -2.06. The van der Waals surface area contributed by atoms with Gasteiger partial charge >= 0.3 is 11.4 Å². The number of nitrogens with one attached hydrogen (secondary N) is 1. The van der Waals surface area contributed by atoms with Crippen LogP contribution in [0.5, 0.6) is 0 Å². The summed E-state index contributed by atoms with van der Waals surface area (Å²) >= 11 is -2.11. The lowest BCUT2D eigenvalue weighted by atomic mass is 10.3. The molecular weight excluding hydrogens is 166 g/mol. The van der Waals surface area contributed by atoms with Gasteiger partial charge in [0.2, 0.25) is 0 Å². The largest absolute Gasteiger partial charge is 0.314 e. The molecule has 0 radical (unpaired) electrons. The lowest BCUT2D eigenvalue weighted by molar-refractivity contribution is 0.298. The van der Waals surface area contributed by atoms with E-state index in [0.717, 1.165) is 13.0 Å². The summed E-state index contributed by atoms with van der Waals surface area (Å²) in [6, 6.07) is 0.453. The maximum absolute atomic E-state index is 9.96. The Bertz CT molecular complexity index is 118. The Kier molecular flexibility index (Phi) is 6.74. The van der Waals surface area contributed by atoms with Crippen LogP contribution in [0.3, 0.4) is 0 Å². The summed E-state index contributed by atoms with van der Waals surface area (Å²) in [6.07, 6.45) is 0.754. The maximum Gasteiger partial charge on any atom is 0.301 e. The normalized spacial score (nSPS) is 13.8. The van der Waals surface area contributed by atoms with E-state index >= 15 is 0 Å². The first-order valence-corrected chi connectivity index (χ1v) is 4.63. The zero-order valence-electron chi connectivity index (χ0n) is 6.87. The van der Waals surface area contributed by atoms with Gasteiger partial charge in [-0.3, -0.25) is 8.74 Å². The molecule has 0 saturated carbocycles. The van der Waals surface area contributed by atoms with Crippen molar-refractivity contribution in [2.45, 2.75) is 26.3 Å². The summed E-state index contributed by atoms with van der Waals surface area (Å²) in [5.41, 5.74) is 0. The van der Waals surface area contributed by atoms with Gasteiger partial charge in [-0.05, 0) is 13.0 Å². The molecule has 2 N–H and O–H groups in total. The molecule has 4 nitrogen and oxygen atoms in total. The molecule has 0 aromatic carbocycles. The van der Waals surface area contributed by atoms with Crippen LogP contribution < -0.4 is 5.32 Å². The number of hydrogen-bond donors (Lipinski definition) is 2. The summed E-state index contributed by atoms with van der Waals surface area (Å²) in [5.74, 6) is 0. The highest BCUT2D eigenvalue weighted by Crippen LogP contribution is 1.84. The minimum Gasteiger partial charge on any atom is -0.314 e. The van der Waals surface area contributed by atoms with Gasteiger partial charge in [-0.25, -0.2) is 0 Å². The van der Waals surface area contributed by atoms with Crippen molar-refractivity contribution < 1.29 is 12.9 Å². The van der Waals surface area contributed by atoms with Gasteiger partial charge in [-0.15, -0.1) is 0 Å². The van der Waals surface area contributed by atoms with Crippen molar-refractivity contribution in [1.29, 1.82) is 0 Å². The molecule has 0 heterocycles. The van der Waals surface area contributed by atoms with Gasteiger partial charge in [0.15, 0.2) is 0 Å². The molecule has 11 heavy (non-hydrogen) atoms. The van der Waals surface area contributed by atoms with Gasteiger partial charge in [-0.2, -0.15) is 4.21 Å². The van der Waals surface area contributed by atoms with Gasteiger partial charge in [0, 0.05) is 6.04 Å². The van der Waals surface area contributed by atoms with Crippen LogP contribution in [0, 0.1) is 0 Å². The van der Waals surface area contributed by atoms with E-state index in [1.54, 1.807) is 0 Å². The molecule has 1 atom stereocenters. The predicted molar refractivity (Wildman–Crippen MR) is 44.5 cm³/mol. The van der Waals surface area contributed by atoms with Crippen molar-refractivity contribution in [3.63, 3.8) is 0 Å². The van der Waals surface area contributed by atoms with Crippen molar-refractivity contribution >= 4 is 11.4 Å². The Hall–Kier alpha value is 0.0300. The van der Waals surface area contributed by atoms with Crippen LogP contribution in [-0.4, -0.2) is 28.0 Å². The van der Waals surface area contributed by atoms with E-state index in [1.165, 1.54) is 0 Å². The number of hydrogen-bond acceptors (Lipinski definition) is 3. The summed E-state index contributed by atoms with van der Waals surface area (Å²) in [4.78, 5) is 0. The highest BCUT2D eigenvalue weighted by molar-refractivity contribution is 7.74. The van der Waals surface area contributed by atoms with Crippen molar-refractivity contribution in [1.82, 2.24) is 5.32 Å². The Morgan fingerprint density at radius 2 is 2.27 bits per heavy atom. The first-order valence-electron chi connectivity index (χ1n) is 3.60. The van der Waals surface area contributed by atoms with Gasteiger partial charge in [0.1, 0.15) is 0 Å². The lowest BCUT2D eigenvalue weighted by Crippen LogP contribution is -2.24. The standard InChI is InChI=1S/C6H15NO3S/c1-6(2)7-4-3-5-10-11(8)9/h6-7H,3-5H2,1-2H3,(H,8,9). The Morgan fingerprint density at radius 3 is 2.73 bits per heavy atom. The molecule has 5 heteroatoms. The van der Waals surface area contributed by atoms with Crippen LogP contribution >= 0.6 is 0 Å². The van der Waals surface area contributed by atoms with Crippen LogP contribution in [0.2, 0.25) is 0 Å². The van der Waals surface area contributed by atoms with Gasteiger partial charge in [0.25, 0.3) is 0 Å². The van der Waals surface area contributed by atoms with Crippen LogP contribution in [0.25, 0.3) is 0 Å². The third-order valence-corrected chi connectivity index (χ3v) is 1.43. The van der Waals surface area contributed by atoms with Crippen molar-refractivity contribution in [3.05, 3.63) is 0 Å². The second-order valence-corrected chi connectivity index (χ2v) is 3.17. The van der Waals surface area contributed by atoms with Gasteiger partial charge in [-0.1, -0.05) is 13.8 Å². The summed E-state index contributed by atoms with van der Waals surface area (Å²) in [6.45, 7) is 5.23. The van der Waals surface area contributed by atoms with Crippen molar-refractivity contribution in [3.8, 4) is 0 Å². The average Bonchev–Trinajstić information content (AvgIpc) is 1.85. The topological polar surface area (TPSA) is 58.6 Å². The first kappa shape index (κ1) is 11.0. The van der Waals surface area contributed by atoms with Crippen LogP contribution in [-0.2, 0) is 15.5 Å². The third kappa shape index (κ3) is 10.0. The smallest absolute Gasteiger partial charge is 0.301 e. The van der Waals surface area contributed by atoms with E-state index in [4.69, 9.17) is 4.55 Å². The van der Waals surface area contributed by atoms with Crippen molar-refractivity contribution in [2.75, 3.05) is 13.2 Å². The van der Waals surface area contributed by atoms with E-state index in [9.17, 15) is 4.21 Å². The van der Waals surface area contributed by atoms with Crippen molar-refractivity contribution in [2.24, 2.45) is 0 Å². The minimum absolute atomic E-state index is 0.322. The van der Waals surface area contributed by atoms with Crippen LogP contribution in [0.4, 0.5) is 0 Å². The van der Waals surface area contributed by atoms with Crippen LogP contribution in [0.1, 0.15) is 20.3 Å². The highest BCUT2D eigenvalue weighted by Gasteiger charge is 1.94. The molecule has 0 aliphatic carbocycles. The molecule has 0 aromatic heterocycles. The van der Waals surface area contributed by atoms with Crippen LogP contribution in [0.15, 0.2) is 0 Å². The molecule has 1 unspecified atom stereocenters. The molecule has 0 fully saturated rings. The second-order valence-electron chi connectivity index (χ2n) is 2.50. The Balaban J connectivity index is 2.97. The molecule has 0 aromatic rings. The van der Waals surface area contributed by atoms with E-state index in [2.05, 4.69) is 9.50 Å². The zero-order chi connectivity index (χ0) is 8.69. The predicted octanol–water partition coefficient (Wildman–Crippen LogP) is 0.528. The molecule has 0 spiro atoms. The van der Waals surface area contributed by atoms with E-state index in [-0.39, 0.29) is 0 Å². The molecule has 0 rings (SSSR count). The molecule has 0 aliphatic heterocycles. The summed E-state index contributed by atoms with van der Waals surface area (Å²) in [5, 5.41) is 3.16. The maximum atomic E-state index is 9.96. The quantitative estimate of drug-likeness (QED) is 0.463. The minimum atomic E-state index is -2.11. The average molecular weight is 181 g/mol. The Morgan fingerprint density at radius 1 is 1.64 bits per heavy atom. The third-order valence-electron chi connectivity index (χ3n) is 1.06. The summed E-state index contributed by atoms with van der Waals surface area (Å²) < 4.78 is 22.6. The van der Waals surface area contributed by atoms with E-state index in [0.29, 0.717) is 12.6 Å². The summed E-state index contributed by atoms with van der Waals surface area (Å²) in [7, 11) is 0. The molecule has 68 valence electrons. The highest BCUT2D eigenvalue weighted by atomic mass is 32.2. The fourth-order valence-corrected chi connectivity index (χ4v) is 0.854. The van der Waals surface area contributed by atoms with Gasteiger partial charge in [0.05, 0.1) is 6.61 Å². The fraction of sp³-hybridized carbons (Fsp3) is 1.00. The molecule has 0 aliphatic rings. The van der Waals surface area contributed by atoms with Gasteiger partial charge < -0.3 is 5.32 Å². The zero-order valence-corrected chi connectivity index (χ0v) is 7.69. The van der Waals surface area contributed by atoms with E-state index in [1.807, 2.05) is 13.8 Å². The molecule has 0 bridgehead atoms. The fourth-order valence-electron chi connectivity index (χ4n) is 0.593. The number of rotatable bonds is 6. The molecular formula is C6H15NO3S. The molecule has 0 amide bonds. The first-order chi connectivity index (χ1) is 5.13. The Labute approximate surface area is 69.8 Å². The monoisotopic (exact) mass is 181 g/mol. The molecule has 0 saturated heterocycles.